The van der Waals surface area contributed by atoms with Gasteiger partial charge in [0.1, 0.15) is 5.69 Å². The Kier molecular flexibility index (Phi) is 5.54. The number of nitrogens with zero attached hydrogens (tertiary/aromatic N) is 5. The molecule has 4 N–H and O–H groups in total. The van der Waals surface area contributed by atoms with Crippen LogP contribution in [0.1, 0.15) is 41.2 Å². The molecule has 0 spiro atoms. The third-order valence-corrected chi connectivity index (χ3v) is 5.65. The summed E-state index contributed by atoms with van der Waals surface area (Å²) in [5.74, 6) is 0.262. The maximum atomic E-state index is 13.0. The highest BCUT2D eigenvalue weighted by molar-refractivity contribution is 5.98. The molecule has 0 aliphatic heterocycles. The van der Waals surface area contributed by atoms with Crippen molar-refractivity contribution in [1.29, 1.82) is 0 Å². The number of amides is 1. The molecule has 1 aliphatic rings. The molecule has 1 aliphatic carbocycles. The Morgan fingerprint density at radius 2 is 1.82 bits per heavy atom. The standard InChI is InChI=1S/C23H22N8O2/c24-21-22(29-33-28-21)31-20(17-9-5-2-6-10-17)19(26-30-31)23(32)27-25-18-13-11-16(12-14-18)15-7-3-1-4-8-15/h1-10,13,16,25H,11-12,14H2,(H2,24,28)(H,27,32). The largest absolute Gasteiger partial charge is 0.378 e. The van der Waals surface area contributed by atoms with Gasteiger partial charge in [-0.2, -0.15) is 4.68 Å². The molecule has 0 saturated heterocycles. The predicted octanol–water partition coefficient (Wildman–Crippen LogP) is 2.99. The zero-order valence-electron chi connectivity index (χ0n) is 17.7. The lowest BCUT2D eigenvalue weighted by molar-refractivity contribution is 0.0933. The Labute approximate surface area is 189 Å². The summed E-state index contributed by atoms with van der Waals surface area (Å²) in [7, 11) is 0. The zero-order valence-corrected chi connectivity index (χ0v) is 17.7. The van der Waals surface area contributed by atoms with Gasteiger partial charge in [0, 0.05) is 11.3 Å². The molecule has 5 rings (SSSR count). The van der Waals surface area contributed by atoms with Gasteiger partial charge < -0.3 is 11.2 Å². The van der Waals surface area contributed by atoms with Crippen molar-refractivity contribution < 1.29 is 9.42 Å². The second-order valence-electron chi connectivity index (χ2n) is 7.73. The average Bonchev–Trinajstić information content (AvgIpc) is 3.50. The summed E-state index contributed by atoms with van der Waals surface area (Å²) in [5, 5.41) is 15.5. The van der Waals surface area contributed by atoms with E-state index in [1.54, 1.807) is 0 Å². The van der Waals surface area contributed by atoms with Crippen LogP contribution in [0.4, 0.5) is 5.82 Å². The van der Waals surface area contributed by atoms with E-state index < -0.39 is 5.91 Å². The number of carbonyl (C=O) groups excluding carboxylic acids is 1. The van der Waals surface area contributed by atoms with E-state index in [9.17, 15) is 4.79 Å². The lowest BCUT2D eigenvalue weighted by Gasteiger charge is -2.23. The van der Waals surface area contributed by atoms with Gasteiger partial charge in [0.2, 0.25) is 11.6 Å². The summed E-state index contributed by atoms with van der Waals surface area (Å²) in [4.78, 5) is 13.0. The fourth-order valence-corrected chi connectivity index (χ4v) is 3.95. The summed E-state index contributed by atoms with van der Waals surface area (Å²) in [5.41, 5.74) is 15.2. The number of aromatic nitrogens is 5. The van der Waals surface area contributed by atoms with Crippen LogP contribution < -0.4 is 16.6 Å². The average molecular weight is 442 g/mol. The molecule has 10 nitrogen and oxygen atoms in total. The second-order valence-corrected chi connectivity index (χ2v) is 7.73. The number of hydrogen-bond acceptors (Lipinski definition) is 8. The summed E-state index contributed by atoms with van der Waals surface area (Å²) in [6.07, 6.45) is 4.87. The van der Waals surface area contributed by atoms with E-state index in [1.165, 1.54) is 10.2 Å². The van der Waals surface area contributed by atoms with Crippen LogP contribution in [0.15, 0.2) is 77.1 Å². The van der Waals surface area contributed by atoms with Gasteiger partial charge in [0.05, 0.1) is 0 Å². The highest BCUT2D eigenvalue weighted by Gasteiger charge is 2.25. The maximum Gasteiger partial charge on any atom is 0.292 e. The third kappa shape index (κ3) is 4.18. The van der Waals surface area contributed by atoms with E-state index in [4.69, 9.17) is 10.4 Å². The van der Waals surface area contributed by atoms with Crippen molar-refractivity contribution in [3.8, 4) is 17.1 Å². The molecule has 0 saturated carbocycles. The zero-order chi connectivity index (χ0) is 22.6. The van der Waals surface area contributed by atoms with Crippen LogP contribution in [0.25, 0.3) is 17.1 Å². The molecule has 1 amide bonds. The van der Waals surface area contributed by atoms with Gasteiger partial charge in [-0.25, -0.2) is 4.63 Å². The molecule has 0 radical (unpaired) electrons. The highest BCUT2D eigenvalue weighted by atomic mass is 16.6. The molecule has 4 aromatic rings. The monoisotopic (exact) mass is 442 g/mol. The molecular weight excluding hydrogens is 420 g/mol. The molecule has 2 aromatic heterocycles. The molecule has 33 heavy (non-hydrogen) atoms. The number of nitrogens with one attached hydrogen (secondary N) is 2. The Morgan fingerprint density at radius 3 is 2.48 bits per heavy atom. The van der Waals surface area contributed by atoms with Gasteiger partial charge >= 0.3 is 0 Å². The first-order chi connectivity index (χ1) is 16.2. The number of hydrazine groups is 1. The molecule has 2 aromatic carbocycles. The summed E-state index contributed by atoms with van der Waals surface area (Å²) in [6.45, 7) is 0. The number of benzene rings is 2. The first kappa shape index (κ1) is 20.4. The number of carbonyl (C=O) groups is 1. The fourth-order valence-electron chi connectivity index (χ4n) is 3.95. The highest BCUT2D eigenvalue weighted by Crippen LogP contribution is 2.31. The topological polar surface area (TPSA) is 137 Å². The van der Waals surface area contributed by atoms with Gasteiger partial charge in [-0.3, -0.25) is 10.2 Å². The van der Waals surface area contributed by atoms with Crippen molar-refractivity contribution in [3.05, 3.63) is 83.7 Å². The van der Waals surface area contributed by atoms with E-state index in [0.29, 0.717) is 11.6 Å². The Balaban J connectivity index is 1.34. The Bertz CT molecular complexity index is 1280. The first-order valence-electron chi connectivity index (χ1n) is 10.6. The predicted molar refractivity (Wildman–Crippen MR) is 121 cm³/mol. The molecule has 1 unspecified atom stereocenters. The molecular formula is C23H22N8O2. The lowest BCUT2D eigenvalue weighted by atomic mass is 9.87. The van der Waals surface area contributed by atoms with Crippen molar-refractivity contribution >= 4 is 11.7 Å². The number of rotatable bonds is 6. The van der Waals surface area contributed by atoms with Crippen LogP contribution in [-0.2, 0) is 0 Å². The van der Waals surface area contributed by atoms with Gasteiger partial charge in [-0.1, -0.05) is 72.0 Å². The van der Waals surface area contributed by atoms with Crippen LogP contribution >= 0.6 is 0 Å². The van der Waals surface area contributed by atoms with E-state index in [1.807, 2.05) is 36.4 Å². The van der Waals surface area contributed by atoms with Gasteiger partial charge in [0.15, 0.2) is 5.69 Å². The van der Waals surface area contributed by atoms with Crippen LogP contribution in [-0.4, -0.2) is 31.2 Å². The van der Waals surface area contributed by atoms with Crippen LogP contribution in [0.2, 0.25) is 0 Å². The minimum atomic E-state index is -0.429. The first-order valence-corrected chi connectivity index (χ1v) is 10.6. The van der Waals surface area contributed by atoms with Crippen LogP contribution in [0.3, 0.4) is 0 Å². The number of hydrogen-bond donors (Lipinski definition) is 3. The van der Waals surface area contributed by atoms with E-state index in [2.05, 4.69) is 61.8 Å². The SMILES string of the molecule is Nc1nonc1-n1nnc(C(=O)NNC2=CCC(c3ccccc3)CC2)c1-c1ccccc1. The molecule has 2 heterocycles. The second kappa shape index (κ2) is 8.95. The molecule has 0 fully saturated rings. The van der Waals surface area contributed by atoms with Gasteiger partial charge in [-0.05, 0) is 41.1 Å². The van der Waals surface area contributed by atoms with E-state index in [-0.39, 0.29) is 17.3 Å². The van der Waals surface area contributed by atoms with E-state index >= 15 is 0 Å². The number of nitrogen functional groups attached to an aromatic ring is 1. The van der Waals surface area contributed by atoms with Gasteiger partial charge in [0.25, 0.3) is 5.91 Å². The van der Waals surface area contributed by atoms with Crippen molar-refractivity contribution in [2.75, 3.05) is 5.73 Å². The van der Waals surface area contributed by atoms with Gasteiger partial charge in [-0.15, -0.1) is 5.10 Å². The van der Waals surface area contributed by atoms with Crippen molar-refractivity contribution in [2.45, 2.75) is 25.2 Å². The minimum Gasteiger partial charge on any atom is -0.378 e. The maximum absolute atomic E-state index is 13.0. The quantitative estimate of drug-likeness (QED) is 0.388. The number of allylic oxidation sites excluding steroid dienone is 2. The number of nitrogens with two attached hydrogens (primary N) is 1. The minimum absolute atomic E-state index is 0.0440. The molecule has 166 valence electrons. The summed E-state index contributed by atoms with van der Waals surface area (Å²) in [6, 6.07) is 19.7. The van der Waals surface area contributed by atoms with Crippen LogP contribution in [0, 0.1) is 0 Å². The fraction of sp³-hybridized carbons (Fsp3) is 0.174. The third-order valence-electron chi connectivity index (χ3n) is 5.65. The van der Waals surface area contributed by atoms with Crippen molar-refractivity contribution in [1.82, 2.24) is 36.2 Å². The van der Waals surface area contributed by atoms with Crippen LogP contribution in [0.5, 0.6) is 0 Å². The number of anilines is 1. The van der Waals surface area contributed by atoms with E-state index in [0.717, 1.165) is 30.5 Å². The normalized spacial score (nSPS) is 15.6. The molecule has 10 heteroatoms. The molecule has 1 atom stereocenters. The molecule has 0 bridgehead atoms. The summed E-state index contributed by atoms with van der Waals surface area (Å²) >= 11 is 0. The lowest BCUT2D eigenvalue weighted by Crippen LogP contribution is -2.38. The summed E-state index contributed by atoms with van der Waals surface area (Å²) < 4.78 is 6.04. The Hall–Kier alpha value is -4.47. The smallest absolute Gasteiger partial charge is 0.292 e. The Morgan fingerprint density at radius 1 is 1.06 bits per heavy atom. The van der Waals surface area contributed by atoms with Crippen molar-refractivity contribution in [3.63, 3.8) is 0 Å². The van der Waals surface area contributed by atoms with Crippen molar-refractivity contribution in [2.24, 2.45) is 0 Å².